The van der Waals surface area contributed by atoms with Crippen LogP contribution in [0.5, 0.6) is 5.75 Å². The van der Waals surface area contributed by atoms with Crippen LogP contribution >= 0.6 is 0 Å². The Morgan fingerprint density at radius 1 is 0.654 bits per heavy atom. The Labute approximate surface area is 163 Å². The van der Waals surface area contributed by atoms with Crippen LogP contribution in [0.3, 0.4) is 0 Å². The summed E-state index contributed by atoms with van der Waals surface area (Å²) in [4.78, 5) is 0. The largest absolute Gasteiger partial charge is 0.494 e. The molecule has 0 aliphatic carbocycles. The molecule has 1 aromatic rings. The second-order valence-corrected chi connectivity index (χ2v) is 7.69. The van der Waals surface area contributed by atoms with Crippen molar-refractivity contribution in [3.63, 3.8) is 0 Å². The normalized spacial score (nSPS) is 11.0. The summed E-state index contributed by atoms with van der Waals surface area (Å²) >= 11 is 0. The van der Waals surface area contributed by atoms with E-state index in [1.807, 2.05) is 0 Å². The molecule has 0 fully saturated rings. The van der Waals surface area contributed by atoms with Crippen molar-refractivity contribution in [3.8, 4) is 5.75 Å². The van der Waals surface area contributed by atoms with Gasteiger partial charge >= 0.3 is 0 Å². The van der Waals surface area contributed by atoms with E-state index >= 15 is 0 Å². The summed E-state index contributed by atoms with van der Waals surface area (Å²) in [5.41, 5.74) is 1.43. The monoisotopic (exact) mass is 359 g/mol. The van der Waals surface area contributed by atoms with Crippen molar-refractivity contribution in [2.75, 3.05) is 6.61 Å². The first-order valence-electron chi connectivity index (χ1n) is 11.4. The SMILES string of the molecule is [CH2]CCCCCCCCCCCCCCOc1ccc(CCCC)cc1. The summed E-state index contributed by atoms with van der Waals surface area (Å²) in [6, 6.07) is 8.69. The average Bonchev–Trinajstić information content (AvgIpc) is 2.67. The molecule has 1 rings (SSSR count). The lowest BCUT2D eigenvalue weighted by molar-refractivity contribution is 0.304. The van der Waals surface area contributed by atoms with Crippen molar-refractivity contribution in [1.82, 2.24) is 0 Å². The first-order valence-corrected chi connectivity index (χ1v) is 11.4. The highest BCUT2D eigenvalue weighted by Gasteiger charge is 1.97. The van der Waals surface area contributed by atoms with E-state index in [0.717, 1.165) is 18.8 Å². The van der Waals surface area contributed by atoms with Gasteiger partial charge in [0.25, 0.3) is 0 Å². The van der Waals surface area contributed by atoms with Gasteiger partial charge in [-0.15, -0.1) is 0 Å². The first kappa shape index (κ1) is 23.1. The summed E-state index contributed by atoms with van der Waals surface area (Å²) < 4.78 is 5.86. The van der Waals surface area contributed by atoms with Crippen LogP contribution in [0.15, 0.2) is 24.3 Å². The molecule has 0 aliphatic heterocycles. The maximum Gasteiger partial charge on any atom is 0.119 e. The molecular weight excluding hydrogens is 316 g/mol. The minimum Gasteiger partial charge on any atom is -0.494 e. The number of hydrogen-bond donors (Lipinski definition) is 0. The molecule has 149 valence electrons. The molecule has 0 N–H and O–H groups in total. The first-order chi connectivity index (χ1) is 12.9. The highest BCUT2D eigenvalue weighted by atomic mass is 16.5. The van der Waals surface area contributed by atoms with E-state index in [2.05, 4.69) is 38.1 Å². The van der Waals surface area contributed by atoms with Crippen molar-refractivity contribution < 1.29 is 4.74 Å². The van der Waals surface area contributed by atoms with E-state index in [1.165, 1.54) is 102 Å². The lowest BCUT2D eigenvalue weighted by atomic mass is 10.0. The predicted molar refractivity (Wildman–Crippen MR) is 116 cm³/mol. The fourth-order valence-corrected chi connectivity index (χ4v) is 3.37. The number of aryl methyl sites for hydroxylation is 1. The fraction of sp³-hybridized carbons (Fsp3) is 0.720. The van der Waals surface area contributed by atoms with Gasteiger partial charge in [-0.05, 0) is 37.0 Å². The summed E-state index contributed by atoms with van der Waals surface area (Å²) in [7, 11) is 0. The van der Waals surface area contributed by atoms with E-state index in [4.69, 9.17) is 4.74 Å². The quantitative estimate of drug-likeness (QED) is 0.239. The topological polar surface area (TPSA) is 9.23 Å². The third-order valence-corrected chi connectivity index (χ3v) is 5.16. The molecule has 0 bridgehead atoms. The lowest BCUT2D eigenvalue weighted by Crippen LogP contribution is -1.97. The van der Waals surface area contributed by atoms with Crippen LogP contribution in [-0.2, 0) is 6.42 Å². The van der Waals surface area contributed by atoms with Crippen LogP contribution < -0.4 is 4.74 Å². The van der Waals surface area contributed by atoms with Gasteiger partial charge in [-0.2, -0.15) is 0 Å². The van der Waals surface area contributed by atoms with Crippen LogP contribution in [0, 0.1) is 6.92 Å². The third-order valence-electron chi connectivity index (χ3n) is 5.16. The molecule has 0 unspecified atom stereocenters. The van der Waals surface area contributed by atoms with Gasteiger partial charge in [-0.1, -0.05) is 109 Å². The molecule has 1 radical (unpaired) electrons. The number of unbranched alkanes of at least 4 members (excludes halogenated alkanes) is 13. The smallest absolute Gasteiger partial charge is 0.119 e. The third kappa shape index (κ3) is 13.3. The van der Waals surface area contributed by atoms with Gasteiger partial charge in [0, 0.05) is 0 Å². The van der Waals surface area contributed by atoms with E-state index in [-0.39, 0.29) is 0 Å². The molecule has 0 saturated heterocycles. The molecule has 0 aliphatic rings. The van der Waals surface area contributed by atoms with Crippen molar-refractivity contribution in [1.29, 1.82) is 0 Å². The Morgan fingerprint density at radius 3 is 1.65 bits per heavy atom. The van der Waals surface area contributed by atoms with Gasteiger partial charge in [-0.25, -0.2) is 0 Å². The molecule has 0 aromatic heterocycles. The number of ether oxygens (including phenoxy) is 1. The molecule has 0 amide bonds. The summed E-state index contributed by atoms with van der Waals surface area (Å²) in [5.74, 6) is 1.03. The number of benzene rings is 1. The molecule has 1 nitrogen and oxygen atoms in total. The molecule has 0 spiro atoms. The summed E-state index contributed by atoms with van der Waals surface area (Å²) in [6.07, 6.45) is 21.3. The van der Waals surface area contributed by atoms with E-state index in [9.17, 15) is 0 Å². The van der Waals surface area contributed by atoms with Crippen molar-refractivity contribution in [2.24, 2.45) is 0 Å². The van der Waals surface area contributed by atoms with E-state index < -0.39 is 0 Å². The zero-order valence-corrected chi connectivity index (χ0v) is 17.4. The fourth-order valence-electron chi connectivity index (χ4n) is 3.37. The zero-order valence-electron chi connectivity index (χ0n) is 17.4. The highest BCUT2D eigenvalue weighted by Crippen LogP contribution is 2.15. The maximum atomic E-state index is 5.86. The van der Waals surface area contributed by atoms with Gasteiger partial charge < -0.3 is 4.74 Å². The summed E-state index contributed by atoms with van der Waals surface area (Å²) in [6.45, 7) is 7.00. The van der Waals surface area contributed by atoms with Crippen LogP contribution in [0.4, 0.5) is 0 Å². The van der Waals surface area contributed by atoms with Crippen molar-refractivity contribution in [2.45, 2.75) is 110 Å². The van der Waals surface area contributed by atoms with Gasteiger partial charge in [0.1, 0.15) is 5.75 Å². The Hall–Kier alpha value is -0.980. The van der Waals surface area contributed by atoms with Crippen molar-refractivity contribution in [3.05, 3.63) is 36.8 Å². The molecule has 0 saturated carbocycles. The zero-order chi connectivity index (χ0) is 18.7. The molecular formula is C25H43O. The van der Waals surface area contributed by atoms with Gasteiger partial charge in [0.05, 0.1) is 6.61 Å². The molecule has 1 heteroatoms. The number of hydrogen-bond acceptors (Lipinski definition) is 1. The minimum absolute atomic E-state index is 0.863. The van der Waals surface area contributed by atoms with Gasteiger partial charge in [0.2, 0.25) is 0 Å². The van der Waals surface area contributed by atoms with E-state index in [1.54, 1.807) is 0 Å². The highest BCUT2D eigenvalue weighted by molar-refractivity contribution is 5.27. The summed E-state index contributed by atoms with van der Waals surface area (Å²) in [5, 5.41) is 0. The van der Waals surface area contributed by atoms with Crippen LogP contribution in [0.2, 0.25) is 0 Å². The van der Waals surface area contributed by atoms with Crippen LogP contribution in [0.25, 0.3) is 0 Å². The van der Waals surface area contributed by atoms with Crippen LogP contribution in [-0.4, -0.2) is 6.61 Å². The Morgan fingerprint density at radius 2 is 1.15 bits per heavy atom. The number of rotatable bonds is 18. The molecule has 0 heterocycles. The lowest BCUT2D eigenvalue weighted by Gasteiger charge is -2.07. The predicted octanol–water partition coefficient (Wildman–Crippen LogP) is 8.31. The Balaban J connectivity index is 1.84. The maximum absolute atomic E-state index is 5.86. The molecule has 0 atom stereocenters. The Bertz CT molecular complexity index is 395. The van der Waals surface area contributed by atoms with E-state index in [0.29, 0.717) is 0 Å². The second kappa shape index (κ2) is 17.4. The molecule has 1 aromatic carbocycles. The molecule has 26 heavy (non-hydrogen) atoms. The Kier molecular flexibility index (Phi) is 15.5. The second-order valence-electron chi connectivity index (χ2n) is 7.69. The van der Waals surface area contributed by atoms with Crippen molar-refractivity contribution >= 4 is 0 Å². The van der Waals surface area contributed by atoms with Crippen LogP contribution in [0.1, 0.15) is 109 Å². The van der Waals surface area contributed by atoms with Gasteiger partial charge in [0.15, 0.2) is 0 Å². The standard InChI is InChI=1S/C25H43O/c1-3-5-7-8-9-10-11-12-13-14-15-16-17-23-26-25-21-19-24(20-22-25)18-6-4-2/h19-22H,1,3-18,23H2,2H3. The average molecular weight is 360 g/mol. The van der Waals surface area contributed by atoms with Gasteiger partial charge in [-0.3, -0.25) is 0 Å². The minimum atomic E-state index is 0.863.